The first-order valence-corrected chi connectivity index (χ1v) is 7.82. The summed E-state index contributed by atoms with van der Waals surface area (Å²) in [6.07, 6.45) is 1.07. The van der Waals surface area contributed by atoms with Gasteiger partial charge < -0.3 is 20.2 Å². The first kappa shape index (κ1) is 15.7. The van der Waals surface area contributed by atoms with E-state index in [1.54, 1.807) is 21.9 Å². The van der Waals surface area contributed by atoms with Crippen molar-refractivity contribution in [3.8, 4) is 0 Å². The van der Waals surface area contributed by atoms with Crippen LogP contribution in [0.25, 0.3) is 0 Å². The number of hydrogen-bond acceptors (Lipinski definition) is 3. The zero-order valence-corrected chi connectivity index (χ0v) is 12.7. The number of likely N-dealkylation sites (tertiary alicyclic amines) is 1. The van der Waals surface area contributed by atoms with Crippen LogP contribution in [0.2, 0.25) is 0 Å². The summed E-state index contributed by atoms with van der Waals surface area (Å²) in [5, 5.41) is 12.3. The fraction of sp³-hybridized carbons (Fsp3) is 0.500. The van der Waals surface area contributed by atoms with E-state index in [2.05, 4.69) is 5.32 Å². The Kier molecular flexibility index (Phi) is 4.47. The Morgan fingerprint density at radius 2 is 1.87 bits per heavy atom. The molecule has 2 fully saturated rings. The van der Waals surface area contributed by atoms with E-state index in [1.807, 2.05) is 0 Å². The number of carbonyl (C=O) groups excluding carboxylic acids is 2. The van der Waals surface area contributed by atoms with Gasteiger partial charge in [-0.2, -0.15) is 0 Å². The number of carbonyl (C=O) groups is 2. The molecule has 0 aromatic heterocycles. The van der Waals surface area contributed by atoms with Gasteiger partial charge in [-0.1, -0.05) is 0 Å². The number of aliphatic hydroxyl groups is 1. The molecule has 0 radical (unpaired) electrons. The fourth-order valence-corrected chi connectivity index (χ4v) is 3.01. The second kappa shape index (κ2) is 6.54. The summed E-state index contributed by atoms with van der Waals surface area (Å²) in [6.45, 7) is 1.43. The van der Waals surface area contributed by atoms with Crippen LogP contribution >= 0.6 is 0 Å². The van der Waals surface area contributed by atoms with Gasteiger partial charge in [-0.05, 0) is 37.1 Å². The minimum absolute atomic E-state index is 0.0871. The predicted octanol–water partition coefficient (Wildman–Crippen LogP) is 1.10. The number of benzene rings is 1. The number of hydrogen-bond donors (Lipinski definition) is 2. The van der Waals surface area contributed by atoms with Crippen molar-refractivity contribution in [1.82, 2.24) is 10.2 Å². The Balaban J connectivity index is 1.57. The van der Waals surface area contributed by atoms with E-state index in [0.29, 0.717) is 38.2 Å². The zero-order chi connectivity index (χ0) is 16.4. The Bertz CT molecular complexity index is 585. The van der Waals surface area contributed by atoms with Crippen LogP contribution in [0.1, 0.15) is 19.3 Å². The lowest BCUT2D eigenvalue weighted by atomic mass is 10.1. The van der Waals surface area contributed by atoms with Crippen molar-refractivity contribution in [1.29, 1.82) is 0 Å². The number of urea groups is 1. The second-order valence-corrected chi connectivity index (χ2v) is 6.05. The lowest BCUT2D eigenvalue weighted by Crippen LogP contribution is -2.49. The van der Waals surface area contributed by atoms with Crippen molar-refractivity contribution in [2.24, 2.45) is 0 Å². The molecule has 1 atom stereocenters. The van der Waals surface area contributed by atoms with Crippen molar-refractivity contribution in [2.75, 3.05) is 24.5 Å². The SMILES string of the molecule is O=C(NC1CC(=O)N(c2ccc(F)cc2)C1)N1CCC(O)CC1. The molecule has 1 unspecified atom stereocenters. The number of nitrogens with one attached hydrogen (secondary N) is 1. The van der Waals surface area contributed by atoms with Gasteiger partial charge in [0.1, 0.15) is 5.82 Å². The standard InChI is InChI=1S/C16H20FN3O3/c17-11-1-3-13(4-2-11)20-10-12(9-15(20)22)18-16(23)19-7-5-14(21)6-8-19/h1-4,12,14,21H,5-10H2,(H,18,23). The molecule has 0 aliphatic carbocycles. The average Bonchev–Trinajstić information content (AvgIpc) is 2.89. The van der Waals surface area contributed by atoms with Crippen LogP contribution in [0.4, 0.5) is 14.9 Å². The van der Waals surface area contributed by atoms with Crippen LogP contribution in [0, 0.1) is 5.82 Å². The first-order valence-electron chi connectivity index (χ1n) is 7.82. The van der Waals surface area contributed by atoms with E-state index < -0.39 is 0 Å². The Morgan fingerprint density at radius 1 is 1.22 bits per heavy atom. The van der Waals surface area contributed by atoms with Gasteiger partial charge in [-0.25, -0.2) is 9.18 Å². The summed E-state index contributed by atoms with van der Waals surface area (Å²) in [6, 6.07) is 5.29. The molecule has 23 heavy (non-hydrogen) atoms. The first-order chi connectivity index (χ1) is 11.0. The van der Waals surface area contributed by atoms with Gasteiger partial charge in [-0.3, -0.25) is 4.79 Å². The molecule has 0 saturated carbocycles. The number of aliphatic hydroxyl groups excluding tert-OH is 1. The van der Waals surface area contributed by atoms with Crippen molar-refractivity contribution in [2.45, 2.75) is 31.4 Å². The van der Waals surface area contributed by atoms with E-state index in [1.165, 1.54) is 12.1 Å². The number of amides is 3. The van der Waals surface area contributed by atoms with Crippen LogP contribution < -0.4 is 10.2 Å². The van der Waals surface area contributed by atoms with Crippen LogP contribution in [-0.4, -0.2) is 53.7 Å². The molecule has 1 aromatic carbocycles. The molecule has 3 amide bonds. The third-order valence-corrected chi connectivity index (χ3v) is 4.34. The minimum Gasteiger partial charge on any atom is -0.393 e. The summed E-state index contributed by atoms with van der Waals surface area (Å²) in [4.78, 5) is 27.5. The highest BCUT2D eigenvalue weighted by Gasteiger charge is 2.33. The largest absolute Gasteiger partial charge is 0.393 e. The lowest BCUT2D eigenvalue weighted by molar-refractivity contribution is -0.117. The van der Waals surface area contributed by atoms with Crippen molar-refractivity contribution < 1.29 is 19.1 Å². The molecule has 0 bridgehead atoms. The highest BCUT2D eigenvalue weighted by atomic mass is 19.1. The molecule has 2 heterocycles. The quantitative estimate of drug-likeness (QED) is 0.857. The zero-order valence-electron chi connectivity index (χ0n) is 12.7. The van der Waals surface area contributed by atoms with Gasteiger partial charge in [0, 0.05) is 31.7 Å². The molecule has 124 valence electrons. The van der Waals surface area contributed by atoms with E-state index in [-0.39, 0.29) is 36.3 Å². The third-order valence-electron chi connectivity index (χ3n) is 4.34. The van der Waals surface area contributed by atoms with E-state index in [0.717, 1.165) is 0 Å². The van der Waals surface area contributed by atoms with E-state index in [9.17, 15) is 19.1 Å². The lowest BCUT2D eigenvalue weighted by Gasteiger charge is -2.30. The van der Waals surface area contributed by atoms with E-state index in [4.69, 9.17) is 0 Å². The molecular weight excluding hydrogens is 301 g/mol. The predicted molar refractivity (Wildman–Crippen MR) is 82.5 cm³/mol. The highest BCUT2D eigenvalue weighted by Crippen LogP contribution is 2.22. The minimum atomic E-state index is -0.350. The number of halogens is 1. The van der Waals surface area contributed by atoms with Gasteiger partial charge in [0.05, 0.1) is 12.1 Å². The fourth-order valence-electron chi connectivity index (χ4n) is 3.01. The molecule has 6 nitrogen and oxygen atoms in total. The second-order valence-electron chi connectivity index (χ2n) is 6.05. The molecule has 3 rings (SSSR count). The van der Waals surface area contributed by atoms with Gasteiger partial charge in [0.15, 0.2) is 0 Å². The molecule has 7 heteroatoms. The summed E-state index contributed by atoms with van der Waals surface area (Å²) in [5.41, 5.74) is 0.634. The number of piperidine rings is 1. The van der Waals surface area contributed by atoms with Crippen LogP contribution in [-0.2, 0) is 4.79 Å². The van der Waals surface area contributed by atoms with Crippen LogP contribution in [0.5, 0.6) is 0 Å². The maximum atomic E-state index is 13.0. The number of rotatable bonds is 2. The normalized spacial score (nSPS) is 22.5. The summed E-state index contributed by atoms with van der Waals surface area (Å²) < 4.78 is 13.0. The Morgan fingerprint density at radius 3 is 2.52 bits per heavy atom. The van der Waals surface area contributed by atoms with Crippen LogP contribution in [0.15, 0.2) is 24.3 Å². The topological polar surface area (TPSA) is 72.9 Å². The molecule has 2 N–H and O–H groups in total. The average molecular weight is 321 g/mol. The smallest absolute Gasteiger partial charge is 0.317 e. The van der Waals surface area contributed by atoms with Gasteiger partial charge in [0.25, 0.3) is 0 Å². The van der Waals surface area contributed by atoms with Crippen LogP contribution in [0.3, 0.4) is 0 Å². The maximum absolute atomic E-state index is 13.0. The Labute approximate surface area is 133 Å². The van der Waals surface area contributed by atoms with Crippen molar-refractivity contribution >= 4 is 17.6 Å². The van der Waals surface area contributed by atoms with Gasteiger partial charge in [0.2, 0.25) is 5.91 Å². The van der Waals surface area contributed by atoms with Crippen molar-refractivity contribution in [3.05, 3.63) is 30.1 Å². The van der Waals surface area contributed by atoms with Gasteiger partial charge >= 0.3 is 6.03 Å². The molecule has 0 spiro atoms. The molecule has 2 aliphatic heterocycles. The number of nitrogens with zero attached hydrogens (tertiary/aromatic N) is 2. The van der Waals surface area contributed by atoms with E-state index >= 15 is 0 Å². The number of anilines is 1. The third kappa shape index (κ3) is 3.61. The molecule has 2 aliphatic rings. The highest BCUT2D eigenvalue weighted by molar-refractivity contribution is 5.96. The maximum Gasteiger partial charge on any atom is 0.317 e. The van der Waals surface area contributed by atoms with Gasteiger partial charge in [-0.15, -0.1) is 0 Å². The summed E-state index contributed by atoms with van der Waals surface area (Å²) >= 11 is 0. The molecule has 1 aromatic rings. The summed E-state index contributed by atoms with van der Waals surface area (Å²) in [7, 11) is 0. The monoisotopic (exact) mass is 321 g/mol. The molecular formula is C16H20FN3O3. The Hall–Kier alpha value is -2.15. The van der Waals surface area contributed by atoms with Crippen molar-refractivity contribution in [3.63, 3.8) is 0 Å². The molecule has 2 saturated heterocycles. The summed E-state index contributed by atoms with van der Waals surface area (Å²) in [5.74, 6) is -0.437.